The molecule has 0 atom stereocenters. The fourth-order valence-electron chi connectivity index (χ4n) is 1.92. The summed E-state index contributed by atoms with van der Waals surface area (Å²) in [7, 11) is 0. The number of carboxylic acid groups (broad SMARTS) is 1. The average Bonchev–Trinajstić information content (AvgIpc) is 2.54. The second-order valence-corrected chi connectivity index (χ2v) is 5.62. The van der Waals surface area contributed by atoms with E-state index >= 15 is 0 Å². The van der Waals surface area contributed by atoms with Crippen LogP contribution in [0.3, 0.4) is 0 Å². The van der Waals surface area contributed by atoms with Gasteiger partial charge in [-0.3, -0.25) is 0 Å². The minimum absolute atomic E-state index is 0.418. The lowest BCUT2D eigenvalue weighted by Gasteiger charge is -2.13. The van der Waals surface area contributed by atoms with Crippen LogP contribution in [0.1, 0.15) is 18.1 Å². The fraction of sp³-hybridized carbons (Fsp3) is 0.167. The minimum atomic E-state index is -1.24. The molecule has 2 rings (SSSR count). The van der Waals surface area contributed by atoms with Crippen LogP contribution in [0.25, 0.3) is 6.08 Å². The van der Waals surface area contributed by atoms with Gasteiger partial charge in [0, 0.05) is 4.47 Å². The highest BCUT2D eigenvalue weighted by atomic mass is 79.9. The lowest BCUT2D eigenvalue weighted by molar-refractivity contribution is -0.297. The molecule has 0 aromatic heterocycles. The molecule has 0 saturated heterocycles. The smallest absolute Gasteiger partial charge is 0.161 e. The Bertz CT molecular complexity index is 693. The van der Waals surface area contributed by atoms with Crippen LogP contribution < -0.4 is 14.6 Å². The van der Waals surface area contributed by atoms with Crippen LogP contribution in [-0.4, -0.2) is 12.6 Å². The normalized spacial score (nSPS) is 10.7. The first kappa shape index (κ1) is 17.1. The van der Waals surface area contributed by atoms with Crippen LogP contribution in [-0.2, 0) is 11.4 Å². The number of benzene rings is 2. The molecule has 0 aliphatic rings. The molecule has 0 radical (unpaired) electrons. The van der Waals surface area contributed by atoms with Gasteiger partial charge in [-0.2, -0.15) is 0 Å². The molecule has 0 spiro atoms. The highest BCUT2D eigenvalue weighted by Gasteiger charge is 2.06. The summed E-state index contributed by atoms with van der Waals surface area (Å²) in [6.07, 6.45) is 2.43. The second kappa shape index (κ2) is 8.39. The molecule has 0 aliphatic heterocycles. The topological polar surface area (TPSA) is 58.6 Å². The number of carbonyl (C=O) groups excluding carboxylic acids is 1. The molecule has 0 fully saturated rings. The van der Waals surface area contributed by atoms with Crippen molar-refractivity contribution in [3.05, 3.63) is 64.1 Å². The molecule has 0 heterocycles. The van der Waals surface area contributed by atoms with Crippen molar-refractivity contribution < 1.29 is 19.4 Å². The number of halogens is 1. The summed E-state index contributed by atoms with van der Waals surface area (Å²) in [6, 6.07) is 13.1. The van der Waals surface area contributed by atoms with Gasteiger partial charge in [0.25, 0.3) is 0 Å². The van der Waals surface area contributed by atoms with Crippen LogP contribution >= 0.6 is 15.9 Å². The van der Waals surface area contributed by atoms with Crippen LogP contribution in [0.15, 0.2) is 53.0 Å². The number of carbonyl (C=O) groups is 1. The molecule has 120 valence electrons. The summed E-state index contributed by atoms with van der Waals surface area (Å²) < 4.78 is 12.4. The number of hydrogen-bond donors (Lipinski definition) is 0. The molecule has 0 N–H and O–H groups in total. The molecule has 2 aromatic carbocycles. The van der Waals surface area contributed by atoms with E-state index in [2.05, 4.69) is 15.9 Å². The maximum absolute atomic E-state index is 10.5. The first-order chi connectivity index (χ1) is 11.1. The van der Waals surface area contributed by atoms with Crippen molar-refractivity contribution in [3.8, 4) is 11.5 Å². The Hall–Kier alpha value is -2.27. The minimum Gasteiger partial charge on any atom is -0.545 e. The third-order valence-electron chi connectivity index (χ3n) is 2.99. The molecular weight excluding hydrogens is 360 g/mol. The predicted molar refractivity (Wildman–Crippen MR) is 90.1 cm³/mol. The van der Waals surface area contributed by atoms with Gasteiger partial charge in [0.15, 0.2) is 11.5 Å². The largest absolute Gasteiger partial charge is 0.545 e. The first-order valence-corrected chi connectivity index (χ1v) is 7.91. The summed E-state index contributed by atoms with van der Waals surface area (Å²) in [5.41, 5.74) is 1.74. The molecule has 0 unspecified atom stereocenters. The summed E-state index contributed by atoms with van der Waals surface area (Å²) >= 11 is 3.39. The van der Waals surface area contributed by atoms with Crippen LogP contribution in [0, 0.1) is 0 Å². The molecule has 0 saturated carbocycles. The number of rotatable bonds is 7. The summed E-state index contributed by atoms with van der Waals surface area (Å²) in [5.74, 6) is -0.0518. The number of hydrogen-bond acceptors (Lipinski definition) is 4. The predicted octanol–water partition coefficient (Wildman–Crippen LogP) is 3.19. The van der Waals surface area contributed by atoms with E-state index in [1.165, 1.54) is 6.08 Å². The van der Waals surface area contributed by atoms with E-state index in [1.807, 2.05) is 31.2 Å². The average molecular weight is 376 g/mol. The van der Waals surface area contributed by atoms with Gasteiger partial charge in [0.05, 0.1) is 12.6 Å². The maximum Gasteiger partial charge on any atom is 0.161 e. The Balaban J connectivity index is 2.13. The Morgan fingerprint density at radius 2 is 1.87 bits per heavy atom. The number of ether oxygens (including phenoxy) is 2. The molecule has 0 bridgehead atoms. The van der Waals surface area contributed by atoms with Gasteiger partial charge in [-0.05, 0) is 48.4 Å². The van der Waals surface area contributed by atoms with E-state index in [-0.39, 0.29) is 0 Å². The van der Waals surface area contributed by atoms with Crippen molar-refractivity contribution in [2.45, 2.75) is 13.5 Å². The maximum atomic E-state index is 10.5. The van der Waals surface area contributed by atoms with Gasteiger partial charge >= 0.3 is 0 Å². The molecule has 2 aromatic rings. The van der Waals surface area contributed by atoms with Gasteiger partial charge < -0.3 is 19.4 Å². The Kier molecular flexibility index (Phi) is 6.23. The number of aliphatic carboxylic acids is 1. The standard InChI is InChI=1S/C18H17BrO4/c1-2-22-17-11-13(6-10-18(20)21)5-9-16(17)23-12-14-3-7-15(19)8-4-14/h3-11H,2,12H2,1H3,(H,20,21)/p-1/b10-6+. The quantitative estimate of drug-likeness (QED) is 0.697. The zero-order valence-corrected chi connectivity index (χ0v) is 14.2. The Morgan fingerprint density at radius 1 is 1.13 bits per heavy atom. The Labute approximate surface area is 143 Å². The summed E-state index contributed by atoms with van der Waals surface area (Å²) in [4.78, 5) is 10.5. The van der Waals surface area contributed by atoms with Crippen molar-refractivity contribution >= 4 is 28.0 Å². The monoisotopic (exact) mass is 375 g/mol. The zero-order chi connectivity index (χ0) is 16.7. The fourth-order valence-corrected chi connectivity index (χ4v) is 2.19. The van der Waals surface area contributed by atoms with Crippen molar-refractivity contribution in [1.29, 1.82) is 0 Å². The highest BCUT2D eigenvalue weighted by Crippen LogP contribution is 2.29. The lowest BCUT2D eigenvalue weighted by atomic mass is 10.2. The second-order valence-electron chi connectivity index (χ2n) is 4.71. The third kappa shape index (κ3) is 5.45. The third-order valence-corrected chi connectivity index (χ3v) is 3.52. The molecule has 5 heteroatoms. The van der Waals surface area contributed by atoms with Gasteiger partial charge in [-0.15, -0.1) is 0 Å². The van der Waals surface area contributed by atoms with Crippen molar-refractivity contribution in [2.75, 3.05) is 6.61 Å². The van der Waals surface area contributed by atoms with Gasteiger partial charge in [0.2, 0.25) is 0 Å². The number of carboxylic acids is 1. The van der Waals surface area contributed by atoms with E-state index in [9.17, 15) is 9.90 Å². The zero-order valence-electron chi connectivity index (χ0n) is 12.6. The highest BCUT2D eigenvalue weighted by molar-refractivity contribution is 9.10. The molecule has 4 nitrogen and oxygen atoms in total. The van der Waals surface area contributed by atoms with Gasteiger partial charge in [0.1, 0.15) is 6.61 Å². The van der Waals surface area contributed by atoms with E-state index < -0.39 is 5.97 Å². The molecular formula is C18H16BrO4-. The van der Waals surface area contributed by atoms with E-state index in [0.717, 1.165) is 16.1 Å². The van der Waals surface area contributed by atoms with Gasteiger partial charge in [-0.1, -0.05) is 40.2 Å². The van der Waals surface area contributed by atoms with Crippen LogP contribution in [0.2, 0.25) is 0 Å². The molecule has 0 aliphatic carbocycles. The lowest BCUT2D eigenvalue weighted by Crippen LogP contribution is -2.18. The van der Waals surface area contributed by atoms with E-state index in [1.54, 1.807) is 18.2 Å². The Morgan fingerprint density at radius 3 is 2.52 bits per heavy atom. The molecule has 23 heavy (non-hydrogen) atoms. The van der Waals surface area contributed by atoms with E-state index in [4.69, 9.17) is 9.47 Å². The van der Waals surface area contributed by atoms with Crippen molar-refractivity contribution in [1.82, 2.24) is 0 Å². The molecule has 0 amide bonds. The van der Waals surface area contributed by atoms with Crippen LogP contribution in [0.4, 0.5) is 0 Å². The van der Waals surface area contributed by atoms with Gasteiger partial charge in [-0.25, -0.2) is 0 Å². The van der Waals surface area contributed by atoms with E-state index in [0.29, 0.717) is 30.3 Å². The van der Waals surface area contributed by atoms with Crippen molar-refractivity contribution in [2.24, 2.45) is 0 Å². The van der Waals surface area contributed by atoms with Crippen molar-refractivity contribution in [3.63, 3.8) is 0 Å². The SMILES string of the molecule is CCOc1cc(/C=C/C(=O)[O-])ccc1OCc1ccc(Br)cc1. The summed E-state index contributed by atoms with van der Waals surface area (Å²) in [5, 5.41) is 10.5. The summed E-state index contributed by atoms with van der Waals surface area (Å²) in [6.45, 7) is 2.78. The first-order valence-electron chi connectivity index (χ1n) is 7.11. The van der Waals surface area contributed by atoms with Crippen LogP contribution in [0.5, 0.6) is 11.5 Å².